The van der Waals surface area contributed by atoms with E-state index in [1.54, 1.807) is 4.68 Å². The van der Waals surface area contributed by atoms with Gasteiger partial charge in [-0.2, -0.15) is 5.10 Å². The molecule has 0 unspecified atom stereocenters. The number of aromatic nitrogens is 5. The molecular weight excluding hydrogens is 408 g/mol. The molecule has 31 heavy (non-hydrogen) atoms. The quantitative estimate of drug-likeness (QED) is 0.418. The van der Waals surface area contributed by atoms with Crippen molar-refractivity contribution in [2.24, 2.45) is 0 Å². The van der Waals surface area contributed by atoms with E-state index in [1.807, 2.05) is 43.3 Å². The first-order chi connectivity index (χ1) is 15.0. The topological polar surface area (TPSA) is 88.5 Å². The van der Waals surface area contributed by atoms with Crippen molar-refractivity contribution in [3.05, 3.63) is 71.5 Å². The average Bonchev–Trinajstić information content (AvgIpc) is 3.41. The summed E-state index contributed by atoms with van der Waals surface area (Å²) in [5.74, 6) is 1.50. The van der Waals surface area contributed by atoms with Gasteiger partial charge in [-0.15, -0.1) is 5.10 Å². The molecule has 4 aromatic rings. The largest absolute Gasteiger partial charge is 0.310 e. The Morgan fingerprint density at radius 1 is 1.13 bits per heavy atom. The summed E-state index contributed by atoms with van der Waals surface area (Å²) in [5, 5.41) is 15.4. The molecule has 0 spiro atoms. The highest BCUT2D eigenvalue weighted by Gasteiger charge is 2.16. The maximum absolute atomic E-state index is 12.7. The predicted molar refractivity (Wildman–Crippen MR) is 124 cm³/mol. The second-order valence-corrected chi connectivity index (χ2v) is 8.18. The Bertz CT molecular complexity index is 1200. The number of carbonyl (C=O) groups excluding carboxylic acids is 1. The summed E-state index contributed by atoms with van der Waals surface area (Å²) in [6.45, 7) is 6.12. The van der Waals surface area contributed by atoms with E-state index < -0.39 is 0 Å². The van der Waals surface area contributed by atoms with Crippen LogP contribution in [0.3, 0.4) is 0 Å². The third-order valence-corrected chi connectivity index (χ3v) is 5.67. The molecule has 1 amide bonds. The summed E-state index contributed by atoms with van der Waals surface area (Å²) in [6.07, 6.45) is 0.775. The van der Waals surface area contributed by atoms with Gasteiger partial charge in [0.15, 0.2) is 0 Å². The van der Waals surface area contributed by atoms with Gasteiger partial charge in [0.05, 0.1) is 17.1 Å². The molecule has 7 nitrogen and oxygen atoms in total. The third kappa shape index (κ3) is 4.86. The minimum Gasteiger partial charge on any atom is -0.310 e. The van der Waals surface area contributed by atoms with Crippen molar-refractivity contribution >= 4 is 23.5 Å². The van der Waals surface area contributed by atoms with E-state index in [9.17, 15) is 4.79 Å². The molecule has 0 aliphatic rings. The van der Waals surface area contributed by atoms with Crippen molar-refractivity contribution < 1.29 is 4.79 Å². The molecule has 2 aromatic carbocycles. The van der Waals surface area contributed by atoms with E-state index in [0.29, 0.717) is 11.0 Å². The Balaban J connectivity index is 1.60. The van der Waals surface area contributed by atoms with Gasteiger partial charge in [0.1, 0.15) is 11.6 Å². The van der Waals surface area contributed by atoms with Gasteiger partial charge in [-0.3, -0.25) is 9.89 Å². The van der Waals surface area contributed by atoms with Crippen LogP contribution < -0.4 is 5.32 Å². The lowest BCUT2D eigenvalue weighted by Crippen LogP contribution is -2.17. The zero-order valence-electron chi connectivity index (χ0n) is 17.7. The first-order valence-corrected chi connectivity index (χ1v) is 11.1. The van der Waals surface area contributed by atoms with Gasteiger partial charge < -0.3 is 5.32 Å². The molecule has 158 valence electrons. The number of rotatable bonds is 7. The van der Waals surface area contributed by atoms with Crippen molar-refractivity contribution in [2.75, 3.05) is 11.1 Å². The molecule has 0 bridgehead atoms. The second kappa shape index (κ2) is 9.18. The van der Waals surface area contributed by atoms with Gasteiger partial charge >= 0.3 is 0 Å². The lowest BCUT2D eigenvalue weighted by Gasteiger charge is -2.08. The smallest absolute Gasteiger partial charge is 0.236 e. The highest BCUT2D eigenvalue weighted by atomic mass is 32.2. The number of aromatic amines is 1. The Morgan fingerprint density at radius 2 is 1.94 bits per heavy atom. The summed E-state index contributed by atoms with van der Waals surface area (Å²) in [6, 6.07) is 18.0. The van der Waals surface area contributed by atoms with E-state index in [-0.39, 0.29) is 11.7 Å². The van der Waals surface area contributed by atoms with Gasteiger partial charge in [0.25, 0.3) is 0 Å². The van der Waals surface area contributed by atoms with Crippen molar-refractivity contribution in [3.8, 4) is 16.9 Å². The molecule has 2 aromatic heterocycles. The van der Waals surface area contributed by atoms with Crippen LogP contribution in [0.2, 0.25) is 0 Å². The molecule has 0 radical (unpaired) electrons. The summed E-state index contributed by atoms with van der Waals surface area (Å²) < 4.78 is 1.77. The first-order valence-electron chi connectivity index (χ1n) is 10.1. The summed E-state index contributed by atoms with van der Waals surface area (Å²) >= 11 is 1.30. The van der Waals surface area contributed by atoms with Crippen LogP contribution in [-0.2, 0) is 11.2 Å². The summed E-state index contributed by atoms with van der Waals surface area (Å²) in [4.78, 5) is 17.0. The monoisotopic (exact) mass is 432 g/mol. The third-order valence-electron chi connectivity index (χ3n) is 4.83. The first kappa shape index (κ1) is 20.9. The predicted octanol–water partition coefficient (Wildman–Crippen LogP) is 4.57. The average molecular weight is 433 g/mol. The molecule has 8 heteroatoms. The van der Waals surface area contributed by atoms with Crippen molar-refractivity contribution in [3.63, 3.8) is 0 Å². The van der Waals surface area contributed by atoms with E-state index in [2.05, 4.69) is 52.5 Å². The SMILES string of the molecule is CCc1nc(SCC(=O)Nc2cc(-c3cc(C)ccc3C)nn2-c2ccccc2)n[nH]1. The van der Waals surface area contributed by atoms with Crippen LogP contribution in [0.5, 0.6) is 0 Å². The molecule has 0 aliphatic carbocycles. The fourth-order valence-electron chi connectivity index (χ4n) is 3.19. The second-order valence-electron chi connectivity index (χ2n) is 7.24. The Labute approximate surface area is 185 Å². The number of nitrogens with one attached hydrogen (secondary N) is 2. The van der Waals surface area contributed by atoms with Gasteiger partial charge in [-0.1, -0.05) is 54.6 Å². The number of thioether (sulfide) groups is 1. The number of hydrogen-bond acceptors (Lipinski definition) is 5. The van der Waals surface area contributed by atoms with Crippen LogP contribution in [-0.4, -0.2) is 36.6 Å². The van der Waals surface area contributed by atoms with E-state index in [0.717, 1.165) is 40.3 Å². The zero-order valence-corrected chi connectivity index (χ0v) is 18.5. The molecule has 0 saturated carbocycles. The summed E-state index contributed by atoms with van der Waals surface area (Å²) in [7, 11) is 0. The number of nitrogens with zero attached hydrogens (tertiary/aromatic N) is 4. The highest BCUT2D eigenvalue weighted by molar-refractivity contribution is 7.99. The standard InChI is InChI=1S/C23H24N6OS/c1-4-20-24-23(27-26-20)31-14-22(30)25-21-13-19(18-12-15(2)10-11-16(18)3)28-29(21)17-8-6-5-7-9-17/h5-13H,4,14H2,1-3H3,(H,25,30)(H,24,26,27). The number of amides is 1. The van der Waals surface area contributed by atoms with E-state index in [1.165, 1.54) is 11.8 Å². The van der Waals surface area contributed by atoms with E-state index >= 15 is 0 Å². The Hall–Kier alpha value is -3.39. The molecule has 4 rings (SSSR count). The zero-order chi connectivity index (χ0) is 21.8. The number of carbonyl (C=O) groups is 1. The van der Waals surface area contributed by atoms with Gasteiger partial charge in [0.2, 0.25) is 11.1 Å². The Kier molecular flexibility index (Phi) is 6.18. The van der Waals surface area contributed by atoms with Crippen LogP contribution in [0.4, 0.5) is 5.82 Å². The minimum absolute atomic E-state index is 0.141. The fraction of sp³-hybridized carbons (Fsp3) is 0.217. The minimum atomic E-state index is -0.141. The molecular formula is C23H24N6OS. The fourth-order valence-corrected chi connectivity index (χ4v) is 3.81. The number of anilines is 1. The lowest BCUT2D eigenvalue weighted by molar-refractivity contribution is -0.113. The van der Waals surface area contributed by atoms with Crippen LogP contribution in [0.15, 0.2) is 59.8 Å². The van der Waals surface area contributed by atoms with Crippen molar-refractivity contribution in [1.82, 2.24) is 25.0 Å². The number of benzene rings is 2. The van der Waals surface area contributed by atoms with Gasteiger partial charge in [0, 0.05) is 18.1 Å². The Morgan fingerprint density at radius 3 is 2.68 bits per heavy atom. The van der Waals surface area contributed by atoms with Crippen molar-refractivity contribution in [2.45, 2.75) is 32.3 Å². The van der Waals surface area contributed by atoms with Crippen LogP contribution >= 0.6 is 11.8 Å². The number of para-hydroxylation sites is 1. The van der Waals surface area contributed by atoms with Crippen LogP contribution in [0.25, 0.3) is 16.9 Å². The maximum atomic E-state index is 12.7. The molecule has 2 heterocycles. The normalized spacial score (nSPS) is 10.9. The molecule has 0 saturated heterocycles. The molecule has 2 N–H and O–H groups in total. The van der Waals surface area contributed by atoms with E-state index in [4.69, 9.17) is 5.10 Å². The molecule has 0 atom stereocenters. The van der Waals surface area contributed by atoms with Gasteiger partial charge in [-0.05, 0) is 37.6 Å². The lowest BCUT2D eigenvalue weighted by atomic mass is 10.0. The number of hydrogen-bond donors (Lipinski definition) is 2. The maximum Gasteiger partial charge on any atom is 0.236 e. The van der Waals surface area contributed by atoms with Crippen molar-refractivity contribution in [1.29, 1.82) is 0 Å². The number of aryl methyl sites for hydroxylation is 3. The molecule has 0 aliphatic heterocycles. The van der Waals surface area contributed by atoms with Crippen LogP contribution in [0.1, 0.15) is 23.9 Å². The van der Waals surface area contributed by atoms with Gasteiger partial charge in [-0.25, -0.2) is 9.67 Å². The van der Waals surface area contributed by atoms with Crippen LogP contribution in [0, 0.1) is 13.8 Å². The summed E-state index contributed by atoms with van der Waals surface area (Å²) in [5.41, 5.74) is 5.04. The number of H-pyrrole nitrogens is 1. The molecule has 0 fully saturated rings. The highest BCUT2D eigenvalue weighted by Crippen LogP contribution is 2.28.